The van der Waals surface area contributed by atoms with E-state index >= 15 is 0 Å². The molecule has 0 spiro atoms. The molecule has 0 aliphatic rings. The van der Waals surface area contributed by atoms with Crippen LogP contribution < -0.4 is 4.74 Å². The monoisotopic (exact) mass is 412 g/mol. The molecule has 0 aliphatic carbocycles. The fourth-order valence-corrected chi connectivity index (χ4v) is 3.41. The molecule has 118 valence electrons. The van der Waals surface area contributed by atoms with Crippen LogP contribution in [0.5, 0.6) is 17.2 Å². The fraction of sp³-hybridized carbons (Fsp3) is 0.0588. The average Bonchev–Trinajstić information content (AvgIpc) is 2.53. The average molecular weight is 414 g/mol. The van der Waals surface area contributed by atoms with Gasteiger partial charge in [-0.2, -0.15) is 0 Å². The summed E-state index contributed by atoms with van der Waals surface area (Å²) < 4.78 is 6.10. The van der Waals surface area contributed by atoms with Crippen molar-refractivity contribution in [1.82, 2.24) is 0 Å². The Kier molecular flexibility index (Phi) is 4.32. The topological polar surface area (TPSA) is 49.7 Å². The molecular formula is C17H11BrCl2O3. The van der Waals surface area contributed by atoms with Crippen LogP contribution in [0.15, 0.2) is 40.9 Å². The van der Waals surface area contributed by atoms with E-state index in [9.17, 15) is 10.2 Å². The summed E-state index contributed by atoms with van der Waals surface area (Å²) in [5.74, 6) is 0.0995. The van der Waals surface area contributed by atoms with Gasteiger partial charge in [0.2, 0.25) is 0 Å². The predicted octanol–water partition coefficient (Wildman–Crippen LogP) is 6.00. The Morgan fingerprint density at radius 1 is 1.00 bits per heavy atom. The Morgan fingerprint density at radius 2 is 1.74 bits per heavy atom. The van der Waals surface area contributed by atoms with Crippen molar-refractivity contribution >= 4 is 49.9 Å². The summed E-state index contributed by atoms with van der Waals surface area (Å²) in [7, 11) is 1.46. The second-order valence-electron chi connectivity index (χ2n) is 4.92. The highest BCUT2D eigenvalue weighted by molar-refractivity contribution is 9.10. The van der Waals surface area contributed by atoms with Gasteiger partial charge in [0.1, 0.15) is 17.2 Å². The van der Waals surface area contributed by atoms with Gasteiger partial charge < -0.3 is 14.9 Å². The van der Waals surface area contributed by atoms with Gasteiger partial charge >= 0.3 is 0 Å². The van der Waals surface area contributed by atoms with Crippen LogP contribution in [0.3, 0.4) is 0 Å². The number of methoxy groups -OCH3 is 1. The summed E-state index contributed by atoms with van der Waals surface area (Å²) in [6, 6.07) is 10.3. The third-order valence-corrected chi connectivity index (χ3v) is 4.74. The van der Waals surface area contributed by atoms with Crippen molar-refractivity contribution in [2.24, 2.45) is 0 Å². The molecule has 23 heavy (non-hydrogen) atoms. The van der Waals surface area contributed by atoms with Crippen molar-refractivity contribution < 1.29 is 14.9 Å². The molecule has 0 amide bonds. The van der Waals surface area contributed by atoms with E-state index in [0.29, 0.717) is 11.3 Å². The molecule has 2 N–H and O–H groups in total. The zero-order valence-corrected chi connectivity index (χ0v) is 15.0. The standard InChI is InChI=1S/C17H11BrCl2O3/c1-23-13-7-11(19)17(22)15(16(13)20)14-10-4-3-9(18)6-8(10)2-5-12(14)21/h2-7,21-22H,1H3. The molecule has 0 fully saturated rings. The van der Waals surface area contributed by atoms with Crippen molar-refractivity contribution in [3.8, 4) is 28.4 Å². The molecule has 3 aromatic rings. The number of ether oxygens (including phenoxy) is 1. The van der Waals surface area contributed by atoms with E-state index in [-0.39, 0.29) is 27.1 Å². The zero-order valence-electron chi connectivity index (χ0n) is 11.9. The quantitative estimate of drug-likeness (QED) is 0.541. The largest absolute Gasteiger partial charge is 0.507 e. The highest BCUT2D eigenvalue weighted by atomic mass is 79.9. The van der Waals surface area contributed by atoms with Crippen LogP contribution in [0.4, 0.5) is 0 Å². The van der Waals surface area contributed by atoms with E-state index in [0.717, 1.165) is 15.2 Å². The lowest BCUT2D eigenvalue weighted by atomic mass is 9.96. The van der Waals surface area contributed by atoms with E-state index in [1.807, 2.05) is 18.2 Å². The third kappa shape index (κ3) is 2.71. The number of rotatable bonds is 2. The number of hydrogen-bond acceptors (Lipinski definition) is 3. The Hall–Kier alpha value is -1.62. The molecule has 0 saturated heterocycles. The lowest BCUT2D eigenvalue weighted by Crippen LogP contribution is -1.91. The van der Waals surface area contributed by atoms with Gasteiger partial charge in [-0.15, -0.1) is 0 Å². The number of fused-ring (bicyclic) bond motifs is 1. The molecule has 3 rings (SSSR count). The lowest BCUT2D eigenvalue weighted by molar-refractivity contribution is 0.413. The predicted molar refractivity (Wildman–Crippen MR) is 97.0 cm³/mol. The van der Waals surface area contributed by atoms with Crippen molar-refractivity contribution in [2.75, 3.05) is 7.11 Å². The number of aromatic hydroxyl groups is 2. The maximum atomic E-state index is 10.4. The van der Waals surface area contributed by atoms with Gasteiger partial charge in [-0.3, -0.25) is 0 Å². The van der Waals surface area contributed by atoms with Crippen LogP contribution in [-0.4, -0.2) is 17.3 Å². The maximum absolute atomic E-state index is 10.4. The van der Waals surface area contributed by atoms with E-state index in [1.165, 1.54) is 13.2 Å². The Balaban J connectivity index is 2.46. The summed E-state index contributed by atoms with van der Waals surface area (Å²) in [4.78, 5) is 0. The normalized spacial score (nSPS) is 11.0. The molecule has 0 radical (unpaired) electrons. The first-order valence-corrected chi connectivity index (χ1v) is 8.15. The second-order valence-corrected chi connectivity index (χ2v) is 6.62. The number of halogens is 3. The van der Waals surface area contributed by atoms with Gasteiger partial charge in [-0.05, 0) is 29.0 Å². The van der Waals surface area contributed by atoms with E-state index in [1.54, 1.807) is 12.1 Å². The molecule has 0 saturated carbocycles. The fourth-order valence-electron chi connectivity index (χ4n) is 2.52. The lowest BCUT2D eigenvalue weighted by Gasteiger charge is -2.16. The minimum Gasteiger partial charge on any atom is -0.507 e. The minimum absolute atomic E-state index is 0.0126. The molecule has 0 unspecified atom stereocenters. The maximum Gasteiger partial charge on any atom is 0.143 e. The number of benzene rings is 3. The number of phenols is 2. The molecule has 0 aromatic heterocycles. The van der Waals surface area contributed by atoms with Gasteiger partial charge in [0.25, 0.3) is 0 Å². The minimum atomic E-state index is -0.205. The molecule has 0 bridgehead atoms. The molecule has 6 heteroatoms. The van der Waals surface area contributed by atoms with Crippen molar-refractivity contribution in [3.05, 3.63) is 50.9 Å². The number of phenolic OH excluding ortho intramolecular Hbond substituents is 2. The van der Waals surface area contributed by atoms with E-state index in [2.05, 4.69) is 15.9 Å². The van der Waals surface area contributed by atoms with Gasteiger partial charge in [0.05, 0.1) is 22.7 Å². The van der Waals surface area contributed by atoms with E-state index in [4.69, 9.17) is 27.9 Å². The zero-order chi connectivity index (χ0) is 16.7. The highest BCUT2D eigenvalue weighted by Crippen LogP contribution is 2.50. The van der Waals surface area contributed by atoms with Crippen LogP contribution in [0.1, 0.15) is 0 Å². The Morgan fingerprint density at radius 3 is 2.43 bits per heavy atom. The summed E-state index contributed by atoms with van der Waals surface area (Å²) in [5.41, 5.74) is 0.639. The van der Waals surface area contributed by atoms with Crippen molar-refractivity contribution in [1.29, 1.82) is 0 Å². The molecule has 0 heterocycles. The molecule has 3 aromatic carbocycles. The molecular weight excluding hydrogens is 403 g/mol. The first-order valence-electron chi connectivity index (χ1n) is 6.60. The van der Waals surface area contributed by atoms with Gasteiger partial charge in [-0.25, -0.2) is 0 Å². The van der Waals surface area contributed by atoms with E-state index < -0.39 is 0 Å². The summed E-state index contributed by atoms with van der Waals surface area (Å²) in [6.45, 7) is 0. The summed E-state index contributed by atoms with van der Waals surface area (Å²) in [6.07, 6.45) is 0. The first kappa shape index (κ1) is 16.2. The Bertz CT molecular complexity index is 926. The van der Waals surface area contributed by atoms with Gasteiger partial charge in [0.15, 0.2) is 0 Å². The van der Waals surface area contributed by atoms with Crippen molar-refractivity contribution in [2.45, 2.75) is 0 Å². The molecule has 0 atom stereocenters. The Labute approximate surface area is 151 Å². The van der Waals surface area contributed by atoms with Gasteiger partial charge in [-0.1, -0.05) is 51.3 Å². The number of hydrogen-bond donors (Lipinski definition) is 2. The van der Waals surface area contributed by atoms with Crippen LogP contribution in [0.25, 0.3) is 21.9 Å². The van der Waals surface area contributed by atoms with Crippen LogP contribution >= 0.6 is 39.1 Å². The van der Waals surface area contributed by atoms with Crippen molar-refractivity contribution in [3.63, 3.8) is 0 Å². The van der Waals surface area contributed by atoms with Crippen LogP contribution in [-0.2, 0) is 0 Å². The second kappa shape index (κ2) is 6.11. The SMILES string of the molecule is COc1cc(Cl)c(O)c(-c2c(O)ccc3cc(Br)ccc23)c1Cl. The summed E-state index contributed by atoms with van der Waals surface area (Å²) >= 11 is 15.8. The van der Waals surface area contributed by atoms with Crippen LogP contribution in [0, 0.1) is 0 Å². The molecule has 3 nitrogen and oxygen atoms in total. The third-order valence-electron chi connectivity index (χ3n) is 3.59. The van der Waals surface area contributed by atoms with Gasteiger partial charge in [0, 0.05) is 16.1 Å². The van der Waals surface area contributed by atoms with Crippen LogP contribution in [0.2, 0.25) is 10.0 Å². The molecule has 0 aliphatic heterocycles. The smallest absolute Gasteiger partial charge is 0.143 e. The highest BCUT2D eigenvalue weighted by Gasteiger charge is 2.22. The first-order chi connectivity index (χ1) is 10.9. The summed E-state index contributed by atoms with van der Waals surface area (Å²) in [5, 5.41) is 22.6.